The van der Waals surface area contributed by atoms with Gasteiger partial charge in [0.1, 0.15) is 6.33 Å². The molecular formula is C27H24N4O3. The molecule has 3 amide bonds. The molecule has 1 unspecified atom stereocenters. The number of benzene rings is 3. The van der Waals surface area contributed by atoms with Crippen LogP contribution in [-0.4, -0.2) is 27.3 Å². The maximum Gasteiger partial charge on any atom is 0.255 e. The molecule has 1 aromatic heterocycles. The third-order valence-electron chi connectivity index (χ3n) is 6.63. The number of hydrogen-bond donors (Lipinski definition) is 2. The van der Waals surface area contributed by atoms with Crippen molar-refractivity contribution in [2.45, 2.75) is 31.6 Å². The molecule has 1 fully saturated rings. The number of aromatic nitrogens is 2. The first kappa shape index (κ1) is 21.6. The number of anilines is 1. The number of carbonyl (C=O) groups is 3. The van der Waals surface area contributed by atoms with Gasteiger partial charge in [-0.1, -0.05) is 31.2 Å². The maximum absolute atomic E-state index is 12.8. The maximum atomic E-state index is 12.8. The molecule has 2 N–H and O–H groups in total. The average molecular weight is 453 g/mol. The number of carbonyl (C=O) groups excluding carboxylic acids is 3. The van der Waals surface area contributed by atoms with E-state index >= 15 is 0 Å². The van der Waals surface area contributed by atoms with Gasteiger partial charge in [0.25, 0.3) is 5.91 Å². The number of nitrogens with one attached hydrogen (secondary N) is 2. The monoisotopic (exact) mass is 452 g/mol. The van der Waals surface area contributed by atoms with Gasteiger partial charge in [0.15, 0.2) is 0 Å². The molecule has 4 aromatic rings. The number of piperidine rings is 1. The van der Waals surface area contributed by atoms with Gasteiger partial charge in [0.2, 0.25) is 11.8 Å². The largest absolute Gasteiger partial charge is 0.322 e. The predicted molar refractivity (Wildman–Crippen MR) is 130 cm³/mol. The van der Waals surface area contributed by atoms with Crippen LogP contribution < -0.4 is 10.6 Å². The van der Waals surface area contributed by atoms with Gasteiger partial charge in [-0.3, -0.25) is 24.3 Å². The summed E-state index contributed by atoms with van der Waals surface area (Å²) < 4.78 is 1.98. The zero-order valence-electron chi connectivity index (χ0n) is 18.7. The first-order valence-electron chi connectivity index (χ1n) is 11.3. The average Bonchev–Trinajstić information content (AvgIpc) is 3.29. The van der Waals surface area contributed by atoms with Crippen LogP contribution in [0.3, 0.4) is 0 Å². The Balaban J connectivity index is 1.31. The summed E-state index contributed by atoms with van der Waals surface area (Å²) in [5, 5.41) is 5.37. The summed E-state index contributed by atoms with van der Waals surface area (Å²) >= 11 is 0. The van der Waals surface area contributed by atoms with Gasteiger partial charge in [-0.25, -0.2) is 4.98 Å². The van der Waals surface area contributed by atoms with Crippen LogP contribution in [0.1, 0.15) is 42.1 Å². The smallest absolute Gasteiger partial charge is 0.255 e. The quantitative estimate of drug-likeness (QED) is 0.440. The van der Waals surface area contributed by atoms with Crippen molar-refractivity contribution >= 4 is 34.4 Å². The molecule has 1 saturated heterocycles. The Kier molecular flexibility index (Phi) is 5.45. The molecule has 0 radical (unpaired) electrons. The minimum Gasteiger partial charge on any atom is -0.322 e. The van der Waals surface area contributed by atoms with Crippen molar-refractivity contribution in [1.82, 2.24) is 14.9 Å². The molecule has 7 heteroatoms. The second-order valence-electron chi connectivity index (χ2n) is 8.49. The fourth-order valence-corrected chi connectivity index (χ4v) is 4.58. The van der Waals surface area contributed by atoms with Crippen molar-refractivity contribution in [2.75, 3.05) is 5.32 Å². The molecule has 0 saturated carbocycles. The summed E-state index contributed by atoms with van der Waals surface area (Å²) in [6.45, 7) is 1.95. The molecule has 3 aromatic carbocycles. The summed E-state index contributed by atoms with van der Waals surface area (Å²) in [6, 6.07) is 22.5. The Hall–Kier alpha value is -4.26. The molecule has 1 aliphatic rings. The van der Waals surface area contributed by atoms with Crippen molar-refractivity contribution in [3.63, 3.8) is 0 Å². The normalized spacial score (nSPS) is 18.0. The molecule has 1 aliphatic heterocycles. The first-order valence-corrected chi connectivity index (χ1v) is 11.3. The third-order valence-corrected chi connectivity index (χ3v) is 6.63. The number of para-hydroxylation sites is 2. The lowest BCUT2D eigenvalue weighted by molar-refractivity contribution is -0.138. The molecule has 0 spiro atoms. The van der Waals surface area contributed by atoms with Crippen molar-refractivity contribution in [3.8, 4) is 5.69 Å². The number of imide groups is 1. The Morgan fingerprint density at radius 3 is 2.47 bits per heavy atom. The van der Waals surface area contributed by atoms with E-state index in [4.69, 9.17) is 0 Å². The second kappa shape index (κ2) is 8.59. The highest BCUT2D eigenvalue weighted by Crippen LogP contribution is 2.36. The molecule has 34 heavy (non-hydrogen) atoms. The molecule has 1 atom stereocenters. The van der Waals surface area contributed by atoms with Crippen LogP contribution in [-0.2, 0) is 15.0 Å². The molecular weight excluding hydrogens is 428 g/mol. The van der Waals surface area contributed by atoms with Crippen LogP contribution in [0.4, 0.5) is 5.69 Å². The summed E-state index contributed by atoms with van der Waals surface area (Å²) in [5.74, 6) is -0.708. The summed E-state index contributed by atoms with van der Waals surface area (Å²) in [5.41, 5.74) is 4.13. The van der Waals surface area contributed by atoms with Crippen LogP contribution in [0, 0.1) is 0 Å². The van der Waals surface area contributed by atoms with E-state index in [-0.39, 0.29) is 17.7 Å². The van der Waals surface area contributed by atoms with Crippen LogP contribution in [0.25, 0.3) is 16.7 Å². The number of rotatable bonds is 5. The minimum absolute atomic E-state index is 0.221. The fraction of sp³-hybridized carbons (Fsp3) is 0.185. The van der Waals surface area contributed by atoms with E-state index in [1.54, 1.807) is 30.6 Å². The second-order valence-corrected chi connectivity index (χ2v) is 8.49. The summed E-state index contributed by atoms with van der Waals surface area (Å²) in [4.78, 5) is 41.4. The van der Waals surface area contributed by atoms with Crippen molar-refractivity contribution in [2.24, 2.45) is 0 Å². The van der Waals surface area contributed by atoms with Gasteiger partial charge in [0, 0.05) is 23.4 Å². The van der Waals surface area contributed by atoms with Gasteiger partial charge in [0.05, 0.1) is 16.4 Å². The molecule has 0 aliphatic carbocycles. The van der Waals surface area contributed by atoms with E-state index in [1.807, 2.05) is 60.0 Å². The summed E-state index contributed by atoms with van der Waals surface area (Å²) in [7, 11) is 0. The number of hydrogen-bond acceptors (Lipinski definition) is 4. The van der Waals surface area contributed by atoms with E-state index in [1.165, 1.54) is 0 Å². The van der Waals surface area contributed by atoms with Crippen molar-refractivity contribution in [3.05, 3.63) is 90.3 Å². The van der Waals surface area contributed by atoms with Gasteiger partial charge in [-0.2, -0.15) is 0 Å². The lowest BCUT2D eigenvalue weighted by Crippen LogP contribution is -2.51. The van der Waals surface area contributed by atoms with Crippen molar-refractivity contribution < 1.29 is 14.4 Å². The van der Waals surface area contributed by atoms with E-state index in [2.05, 4.69) is 15.6 Å². The van der Waals surface area contributed by atoms with Gasteiger partial charge < -0.3 is 5.32 Å². The fourth-order valence-electron chi connectivity index (χ4n) is 4.58. The molecule has 7 nitrogen and oxygen atoms in total. The van der Waals surface area contributed by atoms with E-state index in [0.29, 0.717) is 30.5 Å². The topological polar surface area (TPSA) is 93.1 Å². The molecule has 170 valence electrons. The van der Waals surface area contributed by atoms with Crippen LogP contribution in [0.2, 0.25) is 0 Å². The van der Waals surface area contributed by atoms with E-state index < -0.39 is 5.41 Å². The third kappa shape index (κ3) is 3.75. The minimum atomic E-state index is -0.718. The molecule has 5 rings (SSSR count). The van der Waals surface area contributed by atoms with Crippen molar-refractivity contribution in [1.29, 1.82) is 0 Å². The van der Waals surface area contributed by atoms with Gasteiger partial charge in [-0.15, -0.1) is 0 Å². The Labute approximate surface area is 196 Å². The van der Waals surface area contributed by atoms with Gasteiger partial charge in [-0.05, 0) is 66.9 Å². The van der Waals surface area contributed by atoms with Crippen LogP contribution >= 0.6 is 0 Å². The Bertz CT molecular complexity index is 1390. The zero-order chi connectivity index (χ0) is 23.7. The predicted octanol–water partition coefficient (Wildman–Crippen LogP) is 4.36. The first-order chi connectivity index (χ1) is 16.5. The van der Waals surface area contributed by atoms with Crippen LogP contribution in [0.15, 0.2) is 79.1 Å². The number of nitrogens with zero attached hydrogens (tertiary/aromatic N) is 2. The number of imidazole rings is 1. The standard InChI is InChI=1S/C27H24N4O3/c1-2-27(16-15-24(32)30-26(27)34)19-9-11-20(12-10-19)29-25(33)18-7-13-21(14-8-18)31-17-28-22-5-3-4-6-23(22)31/h3-14,17H,2,15-16H2,1H3,(H,29,33)(H,30,32,34). The van der Waals surface area contributed by atoms with E-state index in [0.717, 1.165) is 22.3 Å². The highest BCUT2D eigenvalue weighted by Gasteiger charge is 2.42. The van der Waals surface area contributed by atoms with Crippen LogP contribution in [0.5, 0.6) is 0 Å². The Morgan fingerprint density at radius 2 is 1.76 bits per heavy atom. The summed E-state index contributed by atoms with van der Waals surface area (Å²) in [6.07, 6.45) is 3.17. The highest BCUT2D eigenvalue weighted by molar-refractivity contribution is 6.05. The molecule has 2 heterocycles. The SMILES string of the molecule is CCC1(c2ccc(NC(=O)c3ccc(-n4cnc5ccccc54)cc3)cc2)CCC(=O)NC1=O. The number of fused-ring (bicyclic) bond motifs is 1. The zero-order valence-corrected chi connectivity index (χ0v) is 18.7. The molecule has 0 bridgehead atoms. The highest BCUT2D eigenvalue weighted by atomic mass is 16.2. The van der Waals surface area contributed by atoms with Gasteiger partial charge >= 0.3 is 0 Å². The lowest BCUT2D eigenvalue weighted by Gasteiger charge is -2.35. The van der Waals surface area contributed by atoms with E-state index in [9.17, 15) is 14.4 Å². The lowest BCUT2D eigenvalue weighted by atomic mass is 9.72. The number of amides is 3. The Morgan fingerprint density at radius 1 is 1.03 bits per heavy atom.